The Kier molecular flexibility index (Phi) is 6.72. The lowest BCUT2D eigenvalue weighted by Crippen LogP contribution is -2.45. The number of hydrogen-bond donors (Lipinski definition) is 2. The Hall–Kier alpha value is -3.37. The summed E-state index contributed by atoms with van der Waals surface area (Å²) in [6, 6.07) is 12.5. The number of benzene rings is 2. The van der Waals surface area contributed by atoms with Gasteiger partial charge in [0.25, 0.3) is 5.91 Å². The van der Waals surface area contributed by atoms with Crippen molar-refractivity contribution < 1.29 is 22.7 Å². The molecule has 5 rings (SSSR count). The highest BCUT2D eigenvalue weighted by Crippen LogP contribution is 2.35. The molecule has 9 nitrogen and oxygen atoms in total. The first-order valence-electron chi connectivity index (χ1n) is 12.2. The molecule has 0 saturated carbocycles. The molecule has 36 heavy (non-hydrogen) atoms. The predicted octanol–water partition coefficient (Wildman–Crippen LogP) is 2.67. The highest BCUT2D eigenvalue weighted by molar-refractivity contribution is 7.89. The summed E-state index contributed by atoms with van der Waals surface area (Å²) >= 11 is 0. The first kappa shape index (κ1) is 24.3. The molecular weight excluding hydrogens is 480 g/mol. The van der Waals surface area contributed by atoms with Gasteiger partial charge in [-0.15, -0.1) is 0 Å². The van der Waals surface area contributed by atoms with Crippen molar-refractivity contribution in [2.24, 2.45) is 5.92 Å². The number of anilines is 1. The van der Waals surface area contributed by atoms with Gasteiger partial charge in [-0.2, -0.15) is 4.31 Å². The molecule has 2 aliphatic heterocycles. The van der Waals surface area contributed by atoms with E-state index in [1.54, 1.807) is 6.07 Å². The van der Waals surface area contributed by atoms with Gasteiger partial charge in [0.2, 0.25) is 15.9 Å². The summed E-state index contributed by atoms with van der Waals surface area (Å²) in [6.45, 7) is 3.06. The molecular formula is C26H30N4O5S. The Bertz CT molecular complexity index is 1390. The third-order valence-corrected chi connectivity index (χ3v) is 8.84. The van der Waals surface area contributed by atoms with Crippen LogP contribution in [0, 0.1) is 5.92 Å². The number of ether oxygens (including phenoxy) is 1. The molecule has 2 N–H and O–H groups in total. The van der Waals surface area contributed by atoms with Crippen molar-refractivity contribution in [1.82, 2.24) is 14.6 Å². The zero-order valence-corrected chi connectivity index (χ0v) is 21.0. The molecule has 0 bridgehead atoms. The Morgan fingerprint density at radius 2 is 1.94 bits per heavy atom. The second-order valence-corrected chi connectivity index (χ2v) is 11.4. The lowest BCUT2D eigenvalue weighted by molar-refractivity contribution is -0.125. The number of aromatic amines is 1. The van der Waals surface area contributed by atoms with Gasteiger partial charge in [-0.05, 0) is 55.0 Å². The SMILES string of the molecule is CC1CCN(S(=O)(=O)c2ccc3c(c2)N(CC(=O)NCCc2c[nH]c4ccccc24)C(=O)CO3)CC1. The van der Waals surface area contributed by atoms with Crippen LogP contribution in [0.25, 0.3) is 10.9 Å². The molecule has 10 heteroatoms. The van der Waals surface area contributed by atoms with Gasteiger partial charge in [-0.1, -0.05) is 25.1 Å². The number of carbonyl (C=O) groups is 2. The van der Waals surface area contributed by atoms with Gasteiger partial charge in [0.05, 0.1) is 10.6 Å². The zero-order valence-electron chi connectivity index (χ0n) is 20.2. The predicted molar refractivity (Wildman–Crippen MR) is 136 cm³/mol. The minimum atomic E-state index is -3.71. The van der Waals surface area contributed by atoms with E-state index in [9.17, 15) is 18.0 Å². The largest absolute Gasteiger partial charge is 0.482 e. The van der Waals surface area contributed by atoms with Crippen molar-refractivity contribution in [1.29, 1.82) is 0 Å². The van der Waals surface area contributed by atoms with Gasteiger partial charge in [0.15, 0.2) is 6.61 Å². The highest BCUT2D eigenvalue weighted by Gasteiger charge is 2.32. The Morgan fingerprint density at radius 3 is 2.75 bits per heavy atom. The van der Waals surface area contributed by atoms with Crippen LogP contribution < -0.4 is 15.0 Å². The minimum absolute atomic E-state index is 0.0962. The smallest absolute Gasteiger partial charge is 0.265 e. The third kappa shape index (κ3) is 4.83. The van der Waals surface area contributed by atoms with Crippen LogP contribution in [-0.4, -0.2) is 62.3 Å². The van der Waals surface area contributed by atoms with E-state index >= 15 is 0 Å². The average Bonchev–Trinajstić information content (AvgIpc) is 3.29. The highest BCUT2D eigenvalue weighted by atomic mass is 32.2. The molecule has 190 valence electrons. The van der Waals surface area contributed by atoms with E-state index in [-0.39, 0.29) is 24.0 Å². The van der Waals surface area contributed by atoms with Gasteiger partial charge in [-0.25, -0.2) is 8.42 Å². The van der Waals surface area contributed by atoms with Crippen molar-refractivity contribution >= 4 is 38.4 Å². The molecule has 1 aromatic heterocycles. The Morgan fingerprint density at radius 1 is 1.17 bits per heavy atom. The normalized spacial score (nSPS) is 17.1. The summed E-state index contributed by atoms with van der Waals surface area (Å²) in [5, 5.41) is 3.98. The number of nitrogens with one attached hydrogen (secondary N) is 2. The summed E-state index contributed by atoms with van der Waals surface area (Å²) < 4.78 is 33.5. The summed E-state index contributed by atoms with van der Waals surface area (Å²) in [6.07, 6.45) is 4.21. The van der Waals surface area contributed by atoms with Gasteiger partial charge in [0.1, 0.15) is 12.3 Å². The molecule has 0 atom stereocenters. The number of sulfonamides is 1. The minimum Gasteiger partial charge on any atom is -0.482 e. The van der Waals surface area contributed by atoms with Crippen LogP contribution in [0.4, 0.5) is 5.69 Å². The standard InChI is InChI=1S/C26H30N4O5S/c1-18-9-12-29(13-10-18)36(33,34)20-6-7-24-23(14-20)30(26(32)17-35-24)16-25(31)27-11-8-19-15-28-22-5-3-2-4-21(19)22/h2-7,14-15,18,28H,8-13,16-17H2,1H3,(H,27,31). The number of para-hydroxylation sites is 1. The molecule has 3 aromatic rings. The molecule has 3 heterocycles. The van der Waals surface area contributed by atoms with E-state index in [2.05, 4.69) is 17.2 Å². The monoisotopic (exact) mass is 510 g/mol. The summed E-state index contributed by atoms with van der Waals surface area (Å²) in [5.74, 6) is 0.160. The van der Waals surface area contributed by atoms with E-state index in [0.29, 0.717) is 43.4 Å². The van der Waals surface area contributed by atoms with Gasteiger partial charge in [-0.3, -0.25) is 14.5 Å². The number of carbonyl (C=O) groups excluding carboxylic acids is 2. The Labute approximate surface area is 210 Å². The molecule has 2 amide bonds. The van der Waals surface area contributed by atoms with Crippen molar-refractivity contribution in [3.8, 4) is 5.75 Å². The average molecular weight is 511 g/mol. The van der Waals surface area contributed by atoms with E-state index < -0.39 is 15.9 Å². The van der Waals surface area contributed by atoms with Crippen molar-refractivity contribution in [2.45, 2.75) is 31.1 Å². The van der Waals surface area contributed by atoms with E-state index in [1.165, 1.54) is 21.3 Å². The lowest BCUT2D eigenvalue weighted by atomic mass is 10.0. The van der Waals surface area contributed by atoms with Crippen LogP contribution in [0.15, 0.2) is 53.6 Å². The van der Waals surface area contributed by atoms with Crippen molar-refractivity contribution in [3.05, 3.63) is 54.2 Å². The maximum Gasteiger partial charge on any atom is 0.265 e. The van der Waals surface area contributed by atoms with E-state index in [4.69, 9.17) is 4.74 Å². The lowest BCUT2D eigenvalue weighted by Gasteiger charge is -2.31. The van der Waals surface area contributed by atoms with Crippen LogP contribution in [0.3, 0.4) is 0 Å². The maximum absolute atomic E-state index is 13.2. The van der Waals surface area contributed by atoms with Crippen molar-refractivity contribution in [3.63, 3.8) is 0 Å². The van der Waals surface area contributed by atoms with Gasteiger partial charge >= 0.3 is 0 Å². The number of fused-ring (bicyclic) bond motifs is 2. The second kappa shape index (κ2) is 9.94. The fourth-order valence-corrected chi connectivity index (χ4v) is 6.25. The summed E-state index contributed by atoms with van der Waals surface area (Å²) in [5.41, 5.74) is 2.43. The van der Waals surface area contributed by atoms with E-state index in [0.717, 1.165) is 29.3 Å². The van der Waals surface area contributed by atoms with Gasteiger partial charge < -0.3 is 15.0 Å². The molecule has 0 unspecified atom stereocenters. The molecule has 2 aliphatic rings. The summed E-state index contributed by atoms with van der Waals surface area (Å²) in [4.78, 5) is 30.0. The fraction of sp³-hybridized carbons (Fsp3) is 0.385. The zero-order chi connectivity index (χ0) is 25.3. The Balaban J connectivity index is 1.27. The number of amides is 2. The molecule has 0 spiro atoms. The molecule has 1 saturated heterocycles. The van der Waals surface area contributed by atoms with Crippen LogP contribution in [0.5, 0.6) is 5.75 Å². The first-order chi connectivity index (χ1) is 17.3. The quantitative estimate of drug-likeness (QED) is 0.508. The van der Waals surface area contributed by atoms with Crippen LogP contribution in [0.2, 0.25) is 0 Å². The first-order valence-corrected chi connectivity index (χ1v) is 13.7. The maximum atomic E-state index is 13.2. The topological polar surface area (TPSA) is 112 Å². The van der Waals surface area contributed by atoms with Crippen LogP contribution in [-0.2, 0) is 26.0 Å². The third-order valence-electron chi connectivity index (χ3n) is 6.95. The fourth-order valence-electron chi connectivity index (χ4n) is 4.76. The van der Waals surface area contributed by atoms with Crippen LogP contribution >= 0.6 is 0 Å². The molecule has 0 radical (unpaired) electrons. The molecule has 1 fully saturated rings. The van der Waals surface area contributed by atoms with E-state index in [1.807, 2.05) is 30.5 Å². The van der Waals surface area contributed by atoms with Gasteiger partial charge in [0, 0.05) is 36.7 Å². The molecule has 2 aromatic carbocycles. The number of nitrogens with zero attached hydrogens (tertiary/aromatic N) is 2. The number of rotatable bonds is 7. The number of hydrogen-bond acceptors (Lipinski definition) is 5. The van der Waals surface area contributed by atoms with Crippen molar-refractivity contribution in [2.75, 3.05) is 37.7 Å². The van der Waals surface area contributed by atoms with Crippen LogP contribution in [0.1, 0.15) is 25.3 Å². The molecule has 0 aliphatic carbocycles. The number of H-pyrrole nitrogens is 1. The summed E-state index contributed by atoms with van der Waals surface area (Å²) in [7, 11) is -3.71. The number of aromatic nitrogens is 1. The number of piperidine rings is 1. The second-order valence-electron chi connectivity index (χ2n) is 9.44.